The number of anilines is 1. The fourth-order valence-corrected chi connectivity index (χ4v) is 4.70. The van der Waals surface area contributed by atoms with Gasteiger partial charge in [0, 0.05) is 42.0 Å². The minimum Gasteiger partial charge on any atom is -0.493 e. The first kappa shape index (κ1) is 20.3. The maximum absolute atomic E-state index is 6.15. The molecule has 0 amide bonds. The van der Waals surface area contributed by atoms with E-state index in [9.17, 15) is 0 Å². The molecule has 4 rings (SSSR count). The molecule has 1 saturated heterocycles. The zero-order valence-corrected chi connectivity index (χ0v) is 18.4. The number of methoxy groups -OCH3 is 1. The summed E-state index contributed by atoms with van der Waals surface area (Å²) in [5.74, 6) is 2.42. The van der Waals surface area contributed by atoms with Crippen LogP contribution in [0.2, 0.25) is 0 Å². The lowest BCUT2D eigenvalue weighted by molar-refractivity contribution is 0.251. The van der Waals surface area contributed by atoms with Gasteiger partial charge < -0.3 is 19.7 Å². The lowest BCUT2D eigenvalue weighted by Crippen LogP contribution is -2.23. The third kappa shape index (κ3) is 4.45. The van der Waals surface area contributed by atoms with Crippen LogP contribution in [0.5, 0.6) is 11.5 Å². The van der Waals surface area contributed by atoms with Crippen LogP contribution in [0, 0.1) is 5.92 Å². The lowest BCUT2D eigenvalue weighted by atomic mass is 10.1. The van der Waals surface area contributed by atoms with E-state index in [4.69, 9.17) is 14.5 Å². The molecule has 1 fully saturated rings. The Kier molecular flexibility index (Phi) is 6.14. The van der Waals surface area contributed by atoms with Crippen molar-refractivity contribution in [2.75, 3.05) is 38.7 Å². The van der Waals surface area contributed by atoms with E-state index in [0.29, 0.717) is 12.6 Å². The summed E-state index contributed by atoms with van der Waals surface area (Å²) in [6, 6.07) is 4.54. The zero-order chi connectivity index (χ0) is 20.4. The molecule has 2 heterocycles. The highest BCUT2D eigenvalue weighted by Crippen LogP contribution is 2.39. The average molecular weight is 398 g/mol. The summed E-state index contributed by atoms with van der Waals surface area (Å²) in [5, 5.41) is 4.80. The van der Waals surface area contributed by atoms with E-state index < -0.39 is 0 Å². The molecular weight excluding hydrogens is 362 g/mol. The topological polar surface area (TPSA) is 46.6 Å². The molecule has 5 heteroatoms. The van der Waals surface area contributed by atoms with Crippen molar-refractivity contribution in [1.29, 1.82) is 0 Å². The van der Waals surface area contributed by atoms with E-state index in [1.807, 2.05) is 0 Å². The van der Waals surface area contributed by atoms with Crippen molar-refractivity contribution in [3.05, 3.63) is 23.4 Å². The first-order valence-corrected chi connectivity index (χ1v) is 11.2. The fourth-order valence-electron chi connectivity index (χ4n) is 4.70. The van der Waals surface area contributed by atoms with Gasteiger partial charge in [0.05, 0.1) is 19.2 Å². The summed E-state index contributed by atoms with van der Waals surface area (Å²) in [4.78, 5) is 7.52. The zero-order valence-electron chi connectivity index (χ0n) is 18.4. The van der Waals surface area contributed by atoms with E-state index in [0.717, 1.165) is 54.1 Å². The average Bonchev–Trinajstić information content (AvgIpc) is 3.32. The highest BCUT2D eigenvalue weighted by Gasteiger charge is 2.22. The molecule has 1 aliphatic heterocycles. The largest absolute Gasteiger partial charge is 0.493 e. The summed E-state index contributed by atoms with van der Waals surface area (Å²) in [7, 11) is 1.72. The maximum atomic E-state index is 6.15. The van der Waals surface area contributed by atoms with Crippen LogP contribution < -0.4 is 14.8 Å². The first-order valence-electron chi connectivity index (χ1n) is 11.2. The van der Waals surface area contributed by atoms with Crippen LogP contribution in [-0.2, 0) is 12.8 Å². The summed E-state index contributed by atoms with van der Waals surface area (Å²) in [6.45, 7) is 11.0. The molecule has 2 aromatic rings. The molecular formula is C24H35N3O2. The number of likely N-dealkylation sites (tertiary alicyclic amines) is 1. The Morgan fingerprint density at radius 3 is 2.83 bits per heavy atom. The maximum Gasteiger partial charge on any atom is 0.163 e. The third-order valence-corrected chi connectivity index (χ3v) is 6.11. The highest BCUT2D eigenvalue weighted by atomic mass is 16.5. The number of nitrogens with one attached hydrogen (secondary N) is 1. The molecule has 1 aliphatic carbocycles. The summed E-state index contributed by atoms with van der Waals surface area (Å²) in [6.07, 6.45) is 5.70. The van der Waals surface area contributed by atoms with Crippen LogP contribution in [0.25, 0.3) is 10.9 Å². The minimum atomic E-state index is 0.375. The number of ether oxygens (including phenoxy) is 2. The highest BCUT2D eigenvalue weighted by molar-refractivity contribution is 5.96. The minimum absolute atomic E-state index is 0.375. The number of hydrogen-bond acceptors (Lipinski definition) is 5. The SMILES string of the molecule is COc1cc2c(NC(C)C)c3c(nc2cc1OCCCN1CCC(C)C1)CCC3. The van der Waals surface area contributed by atoms with Gasteiger partial charge in [-0.05, 0) is 70.0 Å². The number of pyridine rings is 1. The standard InChI is InChI=1S/C24H35N3O2/c1-16(2)25-24-18-7-5-8-20(18)26-21-14-23(22(28-4)13-19(21)24)29-12-6-10-27-11-9-17(3)15-27/h13-14,16-17H,5-12,15H2,1-4H3,(H,25,26). The van der Waals surface area contributed by atoms with Crippen molar-refractivity contribution in [2.45, 2.75) is 58.9 Å². The molecule has 1 atom stereocenters. The Morgan fingerprint density at radius 2 is 2.10 bits per heavy atom. The van der Waals surface area contributed by atoms with Crippen LogP contribution in [0.4, 0.5) is 5.69 Å². The second-order valence-electron chi connectivity index (χ2n) is 8.98. The van der Waals surface area contributed by atoms with Crippen molar-refractivity contribution < 1.29 is 9.47 Å². The number of aromatic nitrogens is 1. The molecule has 158 valence electrons. The molecule has 0 bridgehead atoms. The van der Waals surface area contributed by atoms with Gasteiger partial charge in [-0.25, -0.2) is 0 Å². The normalized spacial score (nSPS) is 19.1. The van der Waals surface area contributed by atoms with Gasteiger partial charge in [-0.2, -0.15) is 0 Å². The van der Waals surface area contributed by atoms with E-state index in [2.05, 4.69) is 43.1 Å². The fraction of sp³-hybridized carbons (Fsp3) is 0.625. The molecule has 0 spiro atoms. The summed E-state index contributed by atoms with van der Waals surface area (Å²) in [5.41, 5.74) is 4.84. The number of aryl methyl sites for hydroxylation is 1. The quantitative estimate of drug-likeness (QED) is 0.656. The Morgan fingerprint density at radius 1 is 1.24 bits per heavy atom. The number of nitrogens with zero attached hydrogens (tertiary/aromatic N) is 2. The third-order valence-electron chi connectivity index (χ3n) is 6.11. The van der Waals surface area contributed by atoms with Crippen LogP contribution in [0.1, 0.15) is 51.3 Å². The lowest BCUT2D eigenvalue weighted by Gasteiger charge is -2.19. The summed E-state index contributed by atoms with van der Waals surface area (Å²) >= 11 is 0. The number of hydrogen-bond donors (Lipinski definition) is 1. The van der Waals surface area contributed by atoms with Crippen LogP contribution in [-0.4, -0.2) is 49.3 Å². The molecule has 1 aromatic carbocycles. The van der Waals surface area contributed by atoms with E-state index >= 15 is 0 Å². The van der Waals surface area contributed by atoms with E-state index in [1.165, 1.54) is 42.9 Å². The molecule has 2 aliphatic rings. The van der Waals surface area contributed by atoms with Crippen molar-refractivity contribution in [3.63, 3.8) is 0 Å². The van der Waals surface area contributed by atoms with Gasteiger partial charge in [0.25, 0.3) is 0 Å². The van der Waals surface area contributed by atoms with Crippen molar-refractivity contribution in [1.82, 2.24) is 9.88 Å². The van der Waals surface area contributed by atoms with Crippen molar-refractivity contribution in [3.8, 4) is 11.5 Å². The number of benzene rings is 1. The summed E-state index contributed by atoms with van der Waals surface area (Å²) < 4.78 is 11.8. The first-order chi connectivity index (χ1) is 14.0. The van der Waals surface area contributed by atoms with Gasteiger partial charge in [-0.3, -0.25) is 4.98 Å². The predicted molar refractivity (Wildman–Crippen MR) is 119 cm³/mol. The van der Waals surface area contributed by atoms with Crippen LogP contribution >= 0.6 is 0 Å². The van der Waals surface area contributed by atoms with Gasteiger partial charge in [0.1, 0.15) is 0 Å². The van der Waals surface area contributed by atoms with Gasteiger partial charge in [-0.1, -0.05) is 6.92 Å². The van der Waals surface area contributed by atoms with Crippen molar-refractivity contribution >= 4 is 16.6 Å². The second kappa shape index (κ2) is 8.78. The predicted octanol–water partition coefficient (Wildman–Crippen LogP) is 4.66. The smallest absolute Gasteiger partial charge is 0.163 e. The van der Waals surface area contributed by atoms with Crippen molar-refractivity contribution in [2.24, 2.45) is 5.92 Å². The van der Waals surface area contributed by atoms with Gasteiger partial charge in [0.2, 0.25) is 0 Å². The van der Waals surface area contributed by atoms with Crippen LogP contribution in [0.15, 0.2) is 12.1 Å². The molecule has 0 radical (unpaired) electrons. The van der Waals surface area contributed by atoms with Crippen LogP contribution in [0.3, 0.4) is 0 Å². The van der Waals surface area contributed by atoms with E-state index in [1.54, 1.807) is 7.11 Å². The van der Waals surface area contributed by atoms with Gasteiger partial charge in [0.15, 0.2) is 11.5 Å². The Labute approximate surface area is 174 Å². The van der Waals surface area contributed by atoms with Gasteiger partial charge in [-0.15, -0.1) is 0 Å². The van der Waals surface area contributed by atoms with E-state index in [-0.39, 0.29) is 0 Å². The Hall–Kier alpha value is -2.01. The monoisotopic (exact) mass is 397 g/mol. The Bertz CT molecular complexity index is 865. The number of fused-ring (bicyclic) bond motifs is 2. The Balaban J connectivity index is 1.54. The van der Waals surface area contributed by atoms with Gasteiger partial charge >= 0.3 is 0 Å². The molecule has 29 heavy (non-hydrogen) atoms. The number of rotatable bonds is 8. The second-order valence-corrected chi connectivity index (χ2v) is 8.98. The molecule has 5 nitrogen and oxygen atoms in total. The molecule has 1 aromatic heterocycles. The molecule has 0 saturated carbocycles. The molecule has 1 unspecified atom stereocenters. The molecule has 1 N–H and O–H groups in total.